The summed E-state index contributed by atoms with van der Waals surface area (Å²) in [5.41, 5.74) is 0.903. The van der Waals surface area contributed by atoms with Crippen LogP contribution >= 0.6 is 24.0 Å². The fourth-order valence-electron chi connectivity index (χ4n) is 2.84. The Morgan fingerprint density at radius 3 is 2.40 bits per heavy atom. The summed E-state index contributed by atoms with van der Waals surface area (Å²) in [6, 6.07) is 17.9. The third-order valence-electron chi connectivity index (χ3n) is 4.18. The van der Waals surface area contributed by atoms with Crippen molar-refractivity contribution in [3.05, 3.63) is 54.6 Å². The molecule has 1 aliphatic rings. The number of aromatic hydroxyl groups is 1. The van der Waals surface area contributed by atoms with Crippen LogP contribution in [0.1, 0.15) is 0 Å². The molecule has 0 saturated carbocycles. The zero-order valence-corrected chi connectivity index (χ0v) is 15.7. The van der Waals surface area contributed by atoms with Crippen LogP contribution in [0.5, 0.6) is 5.75 Å². The first-order valence-corrected chi connectivity index (χ1v) is 9.87. The Morgan fingerprint density at radius 1 is 1.00 bits per heavy atom. The molecule has 2 N–H and O–H groups in total. The summed E-state index contributed by atoms with van der Waals surface area (Å²) in [5.74, 6) is 1.33. The van der Waals surface area contributed by atoms with Gasteiger partial charge in [0.2, 0.25) is 0 Å². The van der Waals surface area contributed by atoms with Gasteiger partial charge in [-0.2, -0.15) is 0 Å². The van der Waals surface area contributed by atoms with Crippen molar-refractivity contribution in [2.45, 2.75) is 4.90 Å². The van der Waals surface area contributed by atoms with Crippen LogP contribution < -0.4 is 10.2 Å². The molecule has 3 rings (SSSR count). The Labute approximate surface area is 158 Å². The highest BCUT2D eigenvalue weighted by Gasteiger charge is 2.20. The fourth-order valence-corrected chi connectivity index (χ4v) is 3.91. The zero-order valence-electron chi connectivity index (χ0n) is 14.1. The smallest absolute Gasteiger partial charge is 0.169 e. The van der Waals surface area contributed by atoms with E-state index in [1.54, 1.807) is 6.07 Å². The Bertz CT molecular complexity index is 688. The van der Waals surface area contributed by atoms with Gasteiger partial charge in [-0.15, -0.1) is 11.8 Å². The van der Waals surface area contributed by atoms with E-state index in [-0.39, 0.29) is 0 Å². The number of hydrogen-bond donors (Lipinski definition) is 2. The van der Waals surface area contributed by atoms with E-state index in [0.29, 0.717) is 5.75 Å². The number of nitrogens with zero attached hydrogens (tertiary/aromatic N) is 2. The summed E-state index contributed by atoms with van der Waals surface area (Å²) in [7, 11) is 0. The lowest BCUT2D eigenvalue weighted by Gasteiger charge is -2.37. The van der Waals surface area contributed by atoms with Crippen molar-refractivity contribution < 1.29 is 5.11 Å². The molecule has 0 bridgehead atoms. The Hall–Kier alpha value is -1.92. The van der Waals surface area contributed by atoms with Crippen LogP contribution in [0.25, 0.3) is 0 Å². The lowest BCUT2D eigenvalue weighted by molar-refractivity contribution is 0.378. The molecular weight excluding hydrogens is 350 g/mol. The van der Waals surface area contributed by atoms with Crippen LogP contribution in [0.2, 0.25) is 0 Å². The maximum Gasteiger partial charge on any atom is 0.169 e. The molecule has 0 aromatic heterocycles. The Balaban J connectivity index is 1.39. The predicted molar refractivity (Wildman–Crippen MR) is 110 cm³/mol. The molecule has 4 nitrogen and oxygen atoms in total. The van der Waals surface area contributed by atoms with Crippen molar-refractivity contribution in [2.24, 2.45) is 0 Å². The van der Waals surface area contributed by atoms with Crippen molar-refractivity contribution >= 4 is 34.8 Å². The van der Waals surface area contributed by atoms with E-state index in [2.05, 4.69) is 39.4 Å². The van der Waals surface area contributed by atoms with Gasteiger partial charge in [-0.25, -0.2) is 0 Å². The average Bonchev–Trinajstić information content (AvgIpc) is 2.66. The maximum atomic E-state index is 9.98. The van der Waals surface area contributed by atoms with Gasteiger partial charge < -0.3 is 20.2 Å². The van der Waals surface area contributed by atoms with E-state index in [1.165, 1.54) is 4.90 Å². The van der Waals surface area contributed by atoms with Crippen molar-refractivity contribution in [2.75, 3.05) is 43.4 Å². The highest BCUT2D eigenvalue weighted by molar-refractivity contribution is 7.99. The molecule has 0 unspecified atom stereocenters. The van der Waals surface area contributed by atoms with Crippen molar-refractivity contribution in [3.8, 4) is 5.75 Å². The van der Waals surface area contributed by atoms with Gasteiger partial charge in [0.25, 0.3) is 0 Å². The number of anilines is 1. The molecule has 0 amide bonds. The number of thiocarbonyl (C=S) groups is 1. The summed E-state index contributed by atoms with van der Waals surface area (Å²) in [5, 5.41) is 14.2. The molecule has 132 valence electrons. The second-order valence-corrected chi connectivity index (χ2v) is 7.41. The predicted octanol–water partition coefficient (Wildman–Crippen LogP) is 3.18. The molecule has 1 fully saturated rings. The molecule has 0 spiro atoms. The van der Waals surface area contributed by atoms with E-state index < -0.39 is 0 Å². The number of phenolic OH excluding ortho intramolecular Hbond substituents is 1. The molecule has 0 aliphatic carbocycles. The largest absolute Gasteiger partial charge is 0.506 e. The summed E-state index contributed by atoms with van der Waals surface area (Å²) in [6.45, 7) is 4.31. The molecule has 1 heterocycles. The summed E-state index contributed by atoms with van der Waals surface area (Å²) >= 11 is 7.35. The van der Waals surface area contributed by atoms with Crippen molar-refractivity contribution in [1.29, 1.82) is 0 Å². The number of benzene rings is 2. The molecular formula is C19H23N3OS2. The average molecular weight is 374 g/mol. The van der Waals surface area contributed by atoms with Gasteiger partial charge in [0.15, 0.2) is 5.11 Å². The lowest BCUT2D eigenvalue weighted by atomic mass is 10.2. The third-order valence-corrected chi connectivity index (χ3v) is 5.60. The second-order valence-electron chi connectivity index (χ2n) is 5.86. The van der Waals surface area contributed by atoms with E-state index in [4.69, 9.17) is 12.2 Å². The minimum atomic E-state index is 0.342. The topological polar surface area (TPSA) is 38.7 Å². The number of thioether (sulfide) groups is 1. The number of nitrogens with one attached hydrogen (secondary N) is 1. The molecule has 2 aromatic rings. The van der Waals surface area contributed by atoms with Crippen LogP contribution in [0.4, 0.5) is 5.69 Å². The SMILES string of the molecule is Oc1ccccc1N1CCN(C(=S)NCCSc2ccccc2)CC1. The first-order chi connectivity index (χ1) is 12.2. The molecule has 0 radical (unpaired) electrons. The Kier molecular flexibility index (Phi) is 6.42. The first-order valence-electron chi connectivity index (χ1n) is 8.47. The summed E-state index contributed by atoms with van der Waals surface area (Å²) in [4.78, 5) is 5.70. The molecule has 6 heteroatoms. The normalized spacial score (nSPS) is 14.4. The molecule has 2 aromatic carbocycles. The minimum Gasteiger partial charge on any atom is -0.506 e. The Morgan fingerprint density at radius 2 is 1.68 bits per heavy atom. The standard InChI is InChI=1S/C19H23N3OS2/c23-18-9-5-4-8-17(18)21-11-13-22(14-12-21)19(24)20-10-15-25-16-6-2-1-3-7-16/h1-9,23H,10-15H2,(H,20,24). The van der Waals surface area contributed by atoms with Crippen LogP contribution in [0, 0.1) is 0 Å². The maximum absolute atomic E-state index is 9.98. The van der Waals surface area contributed by atoms with Gasteiger partial charge in [0.1, 0.15) is 5.75 Å². The number of phenols is 1. The van der Waals surface area contributed by atoms with E-state index in [1.807, 2.05) is 36.0 Å². The summed E-state index contributed by atoms with van der Waals surface area (Å²) in [6.07, 6.45) is 0. The monoisotopic (exact) mass is 373 g/mol. The van der Waals surface area contributed by atoms with Gasteiger partial charge in [0, 0.05) is 43.4 Å². The number of rotatable bonds is 5. The van der Waals surface area contributed by atoms with E-state index in [0.717, 1.165) is 49.3 Å². The zero-order chi connectivity index (χ0) is 17.5. The van der Waals surface area contributed by atoms with Gasteiger partial charge in [-0.1, -0.05) is 30.3 Å². The number of piperazine rings is 1. The van der Waals surface area contributed by atoms with Crippen LogP contribution in [-0.2, 0) is 0 Å². The number of para-hydroxylation sites is 2. The minimum absolute atomic E-state index is 0.342. The quantitative estimate of drug-likeness (QED) is 0.476. The van der Waals surface area contributed by atoms with Crippen molar-refractivity contribution in [1.82, 2.24) is 10.2 Å². The first kappa shape index (κ1) is 17.9. The highest BCUT2D eigenvalue weighted by Crippen LogP contribution is 2.27. The lowest BCUT2D eigenvalue weighted by Crippen LogP contribution is -2.52. The second kappa shape index (κ2) is 8.97. The molecule has 1 saturated heterocycles. The molecule has 25 heavy (non-hydrogen) atoms. The van der Waals surface area contributed by atoms with Gasteiger partial charge in [-0.3, -0.25) is 0 Å². The molecule has 1 aliphatic heterocycles. The van der Waals surface area contributed by atoms with Gasteiger partial charge in [-0.05, 0) is 36.5 Å². The van der Waals surface area contributed by atoms with E-state index >= 15 is 0 Å². The van der Waals surface area contributed by atoms with Crippen LogP contribution in [0.3, 0.4) is 0 Å². The van der Waals surface area contributed by atoms with Gasteiger partial charge >= 0.3 is 0 Å². The van der Waals surface area contributed by atoms with Crippen molar-refractivity contribution in [3.63, 3.8) is 0 Å². The summed E-state index contributed by atoms with van der Waals surface area (Å²) < 4.78 is 0. The van der Waals surface area contributed by atoms with Crippen LogP contribution in [-0.4, -0.2) is 53.6 Å². The molecule has 0 atom stereocenters. The number of hydrogen-bond acceptors (Lipinski definition) is 4. The van der Waals surface area contributed by atoms with Crippen LogP contribution in [0.15, 0.2) is 59.5 Å². The fraction of sp³-hybridized carbons (Fsp3) is 0.316. The highest BCUT2D eigenvalue weighted by atomic mass is 32.2. The van der Waals surface area contributed by atoms with Gasteiger partial charge in [0.05, 0.1) is 5.69 Å². The van der Waals surface area contributed by atoms with E-state index in [9.17, 15) is 5.11 Å². The third kappa shape index (κ3) is 5.03.